The number of amides is 1. The number of pyridine rings is 2. The summed E-state index contributed by atoms with van der Waals surface area (Å²) in [6, 6.07) is 15.4. The molecule has 1 amide bonds. The topological polar surface area (TPSA) is 94.8 Å². The Hall–Kier alpha value is -4.07. The van der Waals surface area contributed by atoms with Crippen LogP contribution in [0.5, 0.6) is 5.75 Å². The van der Waals surface area contributed by atoms with Crippen LogP contribution < -0.4 is 10.1 Å². The highest BCUT2D eigenvalue weighted by atomic mass is 16.5. The third-order valence-corrected chi connectivity index (χ3v) is 6.48. The molecule has 0 radical (unpaired) electrons. The quantitative estimate of drug-likeness (QED) is 0.345. The number of rotatable bonds is 2. The summed E-state index contributed by atoms with van der Waals surface area (Å²) in [7, 11) is 0. The first-order chi connectivity index (χ1) is 18.2. The molecule has 2 aliphatic rings. The summed E-state index contributed by atoms with van der Waals surface area (Å²) in [6.07, 6.45) is 8.90. The number of anilines is 1. The number of aromatic nitrogens is 5. The molecule has 0 atom stereocenters. The van der Waals surface area contributed by atoms with E-state index in [1.165, 1.54) is 12.8 Å². The molecule has 6 rings (SSSR count). The van der Waals surface area contributed by atoms with Gasteiger partial charge in [0, 0.05) is 31.3 Å². The van der Waals surface area contributed by atoms with Crippen molar-refractivity contribution in [1.82, 2.24) is 24.7 Å². The Labute approximate surface area is 218 Å². The van der Waals surface area contributed by atoms with Gasteiger partial charge in [0.05, 0.1) is 12.2 Å². The van der Waals surface area contributed by atoms with Crippen LogP contribution in [0, 0.1) is 0 Å². The molecule has 4 heterocycles. The second kappa shape index (κ2) is 11.3. The highest BCUT2D eigenvalue weighted by molar-refractivity contribution is 6.06. The molecule has 3 aromatic heterocycles. The second-order valence-corrected chi connectivity index (χ2v) is 9.08. The van der Waals surface area contributed by atoms with Gasteiger partial charge in [0.2, 0.25) is 0 Å². The van der Waals surface area contributed by atoms with Crippen LogP contribution >= 0.6 is 0 Å². The molecule has 4 aromatic rings. The summed E-state index contributed by atoms with van der Waals surface area (Å²) in [4.78, 5) is 22.7. The second-order valence-electron chi connectivity index (χ2n) is 9.08. The molecule has 1 aromatic carbocycles. The molecule has 192 valence electrons. The molecule has 1 N–H and O–H groups in total. The molecule has 1 aliphatic heterocycles. The Balaban J connectivity index is 0.00000110. The lowest BCUT2D eigenvalue weighted by Gasteiger charge is -2.14. The van der Waals surface area contributed by atoms with E-state index in [-0.39, 0.29) is 7.33 Å². The van der Waals surface area contributed by atoms with Crippen LogP contribution in [0.25, 0.3) is 22.6 Å². The van der Waals surface area contributed by atoms with E-state index in [2.05, 4.69) is 37.6 Å². The highest BCUT2D eigenvalue weighted by Gasteiger charge is 2.24. The zero-order valence-electron chi connectivity index (χ0n) is 21.4. The van der Waals surface area contributed by atoms with Crippen molar-refractivity contribution in [2.24, 2.45) is 0 Å². The molecule has 2 bridgehead atoms. The van der Waals surface area contributed by atoms with E-state index < -0.39 is 0 Å². The number of nitrogens with zero attached hydrogens (tertiary/aromatic N) is 5. The number of ether oxygens (including phenoxy) is 1. The molecule has 8 nitrogen and oxygen atoms in total. The van der Waals surface area contributed by atoms with Crippen LogP contribution in [0.3, 0.4) is 0 Å². The van der Waals surface area contributed by atoms with E-state index >= 15 is 0 Å². The van der Waals surface area contributed by atoms with Crippen molar-refractivity contribution in [1.29, 1.82) is 0 Å². The standard InChI is InChI=1S/C27H26N6O2.C2H6.H2/c34-27-21-15-19(20-9-11-22(28-16-20)18-7-8-18)10-12-24(21)35-14-3-1-2-13-33-17-29-32-26(33)23-5-4-6-25(30-23)31-27;1-2;/h4-6,9-12,15-18H,1-3,7-8,13-14H2,(H,30,31,34);1-2H3;1H. The minimum Gasteiger partial charge on any atom is -0.493 e. The number of carbonyl (C=O) groups is 1. The fourth-order valence-corrected chi connectivity index (χ4v) is 4.38. The van der Waals surface area contributed by atoms with Crippen LogP contribution in [0.4, 0.5) is 5.82 Å². The van der Waals surface area contributed by atoms with Crippen molar-refractivity contribution in [2.45, 2.75) is 58.4 Å². The predicted octanol–water partition coefficient (Wildman–Crippen LogP) is 6.37. The maximum atomic E-state index is 13.4. The lowest BCUT2D eigenvalue weighted by atomic mass is 10.0. The van der Waals surface area contributed by atoms with E-state index in [1.54, 1.807) is 12.4 Å². The molecule has 0 spiro atoms. The summed E-state index contributed by atoms with van der Waals surface area (Å²) in [5.41, 5.74) is 4.18. The van der Waals surface area contributed by atoms with Gasteiger partial charge in [0.15, 0.2) is 5.82 Å². The Morgan fingerprint density at radius 1 is 1.03 bits per heavy atom. The fourth-order valence-electron chi connectivity index (χ4n) is 4.38. The minimum atomic E-state index is -0.273. The van der Waals surface area contributed by atoms with Gasteiger partial charge in [-0.3, -0.25) is 9.78 Å². The van der Waals surface area contributed by atoms with Gasteiger partial charge in [0.1, 0.15) is 23.6 Å². The average Bonchev–Trinajstić information content (AvgIpc) is 3.69. The molecular weight excluding hydrogens is 464 g/mol. The molecule has 0 saturated heterocycles. The number of fused-ring (bicyclic) bond motifs is 5. The molecule has 0 unspecified atom stereocenters. The summed E-state index contributed by atoms with van der Waals surface area (Å²) in [5, 5.41) is 11.2. The molecule has 37 heavy (non-hydrogen) atoms. The van der Waals surface area contributed by atoms with Crippen LogP contribution in [-0.2, 0) is 6.54 Å². The van der Waals surface area contributed by atoms with E-state index in [0.717, 1.165) is 42.6 Å². The van der Waals surface area contributed by atoms with Crippen LogP contribution in [0.1, 0.15) is 69.3 Å². The van der Waals surface area contributed by atoms with Crippen molar-refractivity contribution in [3.63, 3.8) is 0 Å². The van der Waals surface area contributed by atoms with Gasteiger partial charge in [-0.05, 0) is 68.0 Å². The van der Waals surface area contributed by atoms with Crippen molar-refractivity contribution < 1.29 is 11.0 Å². The van der Waals surface area contributed by atoms with E-state index in [0.29, 0.717) is 41.2 Å². The third-order valence-electron chi connectivity index (χ3n) is 6.48. The molecule has 1 fully saturated rings. The van der Waals surface area contributed by atoms with E-state index in [1.807, 2.05) is 54.9 Å². The van der Waals surface area contributed by atoms with Gasteiger partial charge in [-0.1, -0.05) is 32.0 Å². The van der Waals surface area contributed by atoms with Gasteiger partial charge in [-0.25, -0.2) is 4.98 Å². The SMILES string of the molecule is CC.O=C1Nc2cccc(n2)-c2nncn2CCCCCOc2ccc(-c3ccc(C4CC4)nc3)cc21.[HH]. The first kappa shape index (κ1) is 24.6. The zero-order chi connectivity index (χ0) is 25.6. The first-order valence-corrected chi connectivity index (χ1v) is 13.1. The van der Waals surface area contributed by atoms with Crippen LogP contribution in [0.2, 0.25) is 0 Å². The Bertz CT molecular complexity index is 1370. The maximum Gasteiger partial charge on any atom is 0.260 e. The van der Waals surface area contributed by atoms with Gasteiger partial charge >= 0.3 is 0 Å². The van der Waals surface area contributed by atoms with Gasteiger partial charge in [-0.15, -0.1) is 10.2 Å². The fraction of sp³-hybridized carbons (Fsp3) is 0.345. The molecular formula is C29H34N6O2. The predicted molar refractivity (Wildman–Crippen MR) is 146 cm³/mol. The largest absolute Gasteiger partial charge is 0.493 e. The lowest BCUT2D eigenvalue weighted by Crippen LogP contribution is -2.15. The van der Waals surface area contributed by atoms with Crippen molar-refractivity contribution in [3.8, 4) is 28.4 Å². The number of nitrogens with one attached hydrogen (secondary N) is 1. The van der Waals surface area contributed by atoms with E-state index in [4.69, 9.17) is 4.74 Å². The van der Waals surface area contributed by atoms with Crippen molar-refractivity contribution in [2.75, 3.05) is 11.9 Å². The zero-order valence-corrected chi connectivity index (χ0v) is 21.4. The Morgan fingerprint density at radius 2 is 1.89 bits per heavy atom. The number of hydrogen-bond acceptors (Lipinski definition) is 6. The van der Waals surface area contributed by atoms with E-state index in [9.17, 15) is 4.79 Å². The number of benzene rings is 1. The van der Waals surface area contributed by atoms with Crippen LogP contribution in [0.15, 0.2) is 61.1 Å². The van der Waals surface area contributed by atoms with Crippen molar-refractivity contribution in [3.05, 3.63) is 72.3 Å². The number of hydrogen-bond donors (Lipinski definition) is 1. The molecule has 8 heteroatoms. The van der Waals surface area contributed by atoms with Crippen LogP contribution in [-0.4, -0.2) is 37.2 Å². The summed E-state index contributed by atoms with van der Waals surface area (Å²) in [6.45, 7) is 5.34. The average molecular weight is 499 g/mol. The number of carbonyl (C=O) groups excluding carboxylic acids is 1. The monoisotopic (exact) mass is 498 g/mol. The minimum absolute atomic E-state index is 0. The molecule has 1 saturated carbocycles. The number of aryl methyl sites for hydroxylation is 1. The maximum absolute atomic E-state index is 13.4. The summed E-state index contributed by atoms with van der Waals surface area (Å²) >= 11 is 0. The van der Waals surface area contributed by atoms with Gasteiger partial charge < -0.3 is 14.6 Å². The Morgan fingerprint density at radius 3 is 2.70 bits per heavy atom. The van der Waals surface area contributed by atoms with Gasteiger partial charge in [-0.2, -0.15) is 0 Å². The molecule has 1 aliphatic carbocycles. The highest BCUT2D eigenvalue weighted by Crippen LogP contribution is 2.39. The normalized spacial score (nSPS) is 15.5. The summed E-state index contributed by atoms with van der Waals surface area (Å²) in [5.74, 6) is 2.04. The first-order valence-electron chi connectivity index (χ1n) is 13.1. The Kier molecular flexibility index (Phi) is 7.54. The smallest absolute Gasteiger partial charge is 0.260 e. The van der Waals surface area contributed by atoms with Gasteiger partial charge in [0.25, 0.3) is 5.91 Å². The van der Waals surface area contributed by atoms with Crippen molar-refractivity contribution >= 4 is 11.7 Å². The summed E-state index contributed by atoms with van der Waals surface area (Å²) < 4.78 is 8.06. The lowest BCUT2D eigenvalue weighted by molar-refractivity contribution is 0.102. The third kappa shape index (κ3) is 5.69.